The van der Waals surface area contributed by atoms with E-state index in [1.807, 2.05) is 0 Å². The van der Waals surface area contributed by atoms with Crippen LogP contribution >= 0.6 is 0 Å². The third-order valence-corrected chi connectivity index (χ3v) is 2.93. The van der Waals surface area contributed by atoms with Gasteiger partial charge in [0.1, 0.15) is 12.1 Å². The number of rotatable bonds is 13. The van der Waals surface area contributed by atoms with Gasteiger partial charge in [0.2, 0.25) is 0 Å². The fourth-order valence-electron chi connectivity index (χ4n) is 1.67. The molecular weight excluding hydrogens is 300 g/mol. The quantitative estimate of drug-likeness (QED) is 0.195. The molecule has 0 aromatic rings. The molecule has 0 fully saturated rings. The van der Waals surface area contributed by atoms with E-state index in [-0.39, 0.29) is 39.0 Å². The molecule has 10 nitrogen and oxygen atoms in total. The number of aliphatic hydroxyl groups is 2. The molecule has 128 valence electrons. The van der Waals surface area contributed by atoms with Crippen LogP contribution in [-0.2, 0) is 14.4 Å². The lowest BCUT2D eigenvalue weighted by Crippen LogP contribution is -2.44. The van der Waals surface area contributed by atoms with Gasteiger partial charge in [-0.2, -0.15) is 0 Å². The summed E-state index contributed by atoms with van der Waals surface area (Å²) in [6.07, 6.45) is -1.64. The Morgan fingerprint density at radius 3 is 1.64 bits per heavy atom. The largest absolute Gasteiger partial charge is 0.480 e. The van der Waals surface area contributed by atoms with Gasteiger partial charge in [0, 0.05) is 6.61 Å². The fraction of sp³-hybridized carbons (Fsp3) is 0.750. The molecule has 0 saturated carbocycles. The highest BCUT2D eigenvalue weighted by Crippen LogP contribution is 1.97. The van der Waals surface area contributed by atoms with Gasteiger partial charge in [-0.1, -0.05) is 0 Å². The summed E-state index contributed by atoms with van der Waals surface area (Å²) in [5, 5.41) is 49.3. The van der Waals surface area contributed by atoms with Gasteiger partial charge >= 0.3 is 17.9 Å². The molecule has 0 bridgehead atoms. The van der Waals surface area contributed by atoms with Gasteiger partial charge < -0.3 is 36.2 Å². The number of aliphatic hydroxyl groups excluding tert-OH is 2. The topological polar surface area (TPSA) is 176 Å². The SMILES string of the molecule is O=C(O)C(O)CCNC(CCN[C@@H](CCO)C(=O)O)C(=O)O. The van der Waals surface area contributed by atoms with Crippen LogP contribution in [0.15, 0.2) is 0 Å². The zero-order valence-electron chi connectivity index (χ0n) is 11.9. The molecule has 10 heteroatoms. The van der Waals surface area contributed by atoms with E-state index in [1.165, 1.54) is 0 Å². The minimum absolute atomic E-state index is 0.00526. The Labute approximate surface area is 126 Å². The zero-order chi connectivity index (χ0) is 17.1. The number of hydrogen-bond acceptors (Lipinski definition) is 7. The lowest BCUT2D eigenvalue weighted by atomic mass is 10.1. The van der Waals surface area contributed by atoms with Crippen molar-refractivity contribution in [2.24, 2.45) is 0 Å². The molecule has 0 aliphatic carbocycles. The number of aliphatic carboxylic acids is 3. The molecule has 0 radical (unpaired) electrons. The molecule has 0 aliphatic rings. The van der Waals surface area contributed by atoms with Crippen LogP contribution in [0.4, 0.5) is 0 Å². The maximum Gasteiger partial charge on any atom is 0.332 e. The van der Waals surface area contributed by atoms with Gasteiger partial charge in [-0.05, 0) is 32.4 Å². The van der Waals surface area contributed by atoms with Crippen LogP contribution < -0.4 is 10.6 Å². The minimum Gasteiger partial charge on any atom is -0.480 e. The molecule has 0 amide bonds. The molecule has 0 saturated heterocycles. The van der Waals surface area contributed by atoms with Gasteiger partial charge in [-0.25, -0.2) is 4.79 Å². The summed E-state index contributed by atoms with van der Waals surface area (Å²) in [4.78, 5) is 32.2. The maximum atomic E-state index is 11.0. The zero-order valence-corrected chi connectivity index (χ0v) is 11.9. The molecule has 0 aromatic carbocycles. The van der Waals surface area contributed by atoms with Crippen LogP contribution in [0.1, 0.15) is 19.3 Å². The molecule has 0 heterocycles. The molecule has 0 spiro atoms. The second-order valence-electron chi connectivity index (χ2n) is 4.63. The summed E-state index contributed by atoms with van der Waals surface area (Å²) in [6, 6.07) is -1.97. The van der Waals surface area contributed by atoms with Crippen LogP contribution in [-0.4, -0.2) is 81.3 Å². The Bertz CT molecular complexity index is 376. The van der Waals surface area contributed by atoms with Crippen LogP contribution in [0.2, 0.25) is 0 Å². The van der Waals surface area contributed by atoms with E-state index in [0.717, 1.165) is 0 Å². The molecule has 22 heavy (non-hydrogen) atoms. The Hall–Kier alpha value is -1.75. The second kappa shape index (κ2) is 10.9. The fourth-order valence-corrected chi connectivity index (χ4v) is 1.67. The first-order valence-corrected chi connectivity index (χ1v) is 6.73. The van der Waals surface area contributed by atoms with Crippen molar-refractivity contribution < 1.29 is 39.9 Å². The Balaban J connectivity index is 4.17. The van der Waals surface area contributed by atoms with E-state index in [1.54, 1.807) is 0 Å². The third-order valence-electron chi connectivity index (χ3n) is 2.93. The van der Waals surface area contributed by atoms with Crippen molar-refractivity contribution in [1.29, 1.82) is 0 Å². The Morgan fingerprint density at radius 1 is 0.773 bits per heavy atom. The van der Waals surface area contributed by atoms with Crippen LogP contribution in [0.25, 0.3) is 0 Å². The van der Waals surface area contributed by atoms with E-state index in [4.69, 9.17) is 25.5 Å². The summed E-state index contributed by atoms with van der Waals surface area (Å²) in [5.74, 6) is -3.69. The smallest absolute Gasteiger partial charge is 0.332 e. The lowest BCUT2D eigenvalue weighted by molar-refractivity contribution is -0.146. The number of nitrogens with one attached hydrogen (secondary N) is 2. The number of carboxylic acids is 3. The monoisotopic (exact) mass is 322 g/mol. The summed E-state index contributed by atoms with van der Waals surface area (Å²) >= 11 is 0. The van der Waals surface area contributed by atoms with Crippen LogP contribution in [0, 0.1) is 0 Å². The first kappa shape index (κ1) is 20.2. The van der Waals surface area contributed by atoms with Crippen molar-refractivity contribution in [3.63, 3.8) is 0 Å². The predicted molar refractivity (Wildman–Crippen MR) is 73.4 cm³/mol. The molecule has 0 aliphatic heterocycles. The second-order valence-corrected chi connectivity index (χ2v) is 4.63. The summed E-state index contributed by atoms with van der Waals surface area (Å²) in [7, 11) is 0. The maximum absolute atomic E-state index is 11.0. The van der Waals surface area contributed by atoms with Gasteiger partial charge in [0.15, 0.2) is 6.10 Å². The molecule has 3 atom stereocenters. The summed E-state index contributed by atoms with van der Waals surface area (Å²) < 4.78 is 0. The van der Waals surface area contributed by atoms with Gasteiger partial charge in [0.25, 0.3) is 0 Å². The third kappa shape index (κ3) is 8.52. The normalized spacial score (nSPS) is 15.0. The van der Waals surface area contributed by atoms with Crippen molar-refractivity contribution >= 4 is 17.9 Å². The minimum atomic E-state index is -1.57. The molecule has 0 rings (SSSR count). The van der Waals surface area contributed by atoms with E-state index in [0.29, 0.717) is 0 Å². The summed E-state index contributed by atoms with van der Waals surface area (Å²) in [6.45, 7) is -0.233. The highest BCUT2D eigenvalue weighted by Gasteiger charge is 2.20. The number of carbonyl (C=O) groups is 3. The van der Waals surface area contributed by atoms with E-state index in [2.05, 4.69) is 10.6 Å². The Kier molecular flexibility index (Phi) is 10.0. The molecular formula is C12H22N2O8. The van der Waals surface area contributed by atoms with Crippen molar-refractivity contribution in [3.05, 3.63) is 0 Å². The standard InChI is InChI=1S/C12H22N2O8/c15-6-3-8(11(19)20)13-4-1-7(10(17)18)14-5-2-9(16)12(21)22/h7-9,13-16H,1-6H2,(H,17,18)(H,19,20)(H,21,22)/t7?,8-,9?/m0/s1. The van der Waals surface area contributed by atoms with Gasteiger partial charge in [-0.3, -0.25) is 9.59 Å². The van der Waals surface area contributed by atoms with Gasteiger partial charge in [-0.15, -0.1) is 0 Å². The van der Waals surface area contributed by atoms with E-state index < -0.39 is 36.1 Å². The average molecular weight is 322 g/mol. The highest BCUT2D eigenvalue weighted by atomic mass is 16.4. The first-order valence-electron chi connectivity index (χ1n) is 6.73. The Morgan fingerprint density at radius 2 is 1.23 bits per heavy atom. The molecule has 0 aromatic heterocycles. The first-order chi connectivity index (χ1) is 10.3. The van der Waals surface area contributed by atoms with Crippen molar-refractivity contribution in [1.82, 2.24) is 10.6 Å². The van der Waals surface area contributed by atoms with E-state index in [9.17, 15) is 14.4 Å². The van der Waals surface area contributed by atoms with Crippen LogP contribution in [0.3, 0.4) is 0 Å². The van der Waals surface area contributed by atoms with Crippen molar-refractivity contribution in [2.45, 2.75) is 37.5 Å². The van der Waals surface area contributed by atoms with Crippen molar-refractivity contribution in [3.8, 4) is 0 Å². The number of carboxylic acid groups (broad SMARTS) is 3. The summed E-state index contributed by atoms with van der Waals surface area (Å²) in [5.41, 5.74) is 0. The van der Waals surface area contributed by atoms with E-state index >= 15 is 0 Å². The number of hydrogen-bond donors (Lipinski definition) is 7. The van der Waals surface area contributed by atoms with Crippen LogP contribution in [0.5, 0.6) is 0 Å². The predicted octanol–water partition coefficient (Wildman–Crippen LogP) is -2.32. The highest BCUT2D eigenvalue weighted by molar-refractivity contribution is 5.74. The van der Waals surface area contributed by atoms with Gasteiger partial charge in [0.05, 0.1) is 0 Å². The van der Waals surface area contributed by atoms with Crippen molar-refractivity contribution in [2.75, 3.05) is 19.7 Å². The lowest BCUT2D eigenvalue weighted by Gasteiger charge is -2.17. The molecule has 2 unspecified atom stereocenters. The average Bonchev–Trinajstić information content (AvgIpc) is 2.43. The molecule has 7 N–H and O–H groups in total.